The second-order valence-electron chi connectivity index (χ2n) is 4.72. The minimum atomic E-state index is -0.00167. The number of allylic oxidation sites excluding steroid dienone is 1. The topological polar surface area (TPSA) is 34.9 Å². The zero-order chi connectivity index (χ0) is 14.5. The van der Waals surface area contributed by atoms with Crippen LogP contribution in [0.1, 0.15) is 27.0 Å². The van der Waals surface area contributed by atoms with Crippen molar-refractivity contribution in [1.82, 2.24) is 9.78 Å². The number of alkyl halides is 1. The Morgan fingerprint density at radius 2 is 2.15 bits per heavy atom. The Kier molecular flexibility index (Phi) is 4.74. The minimum absolute atomic E-state index is 0.00167. The molecular weight excluding hydrogens is 272 g/mol. The van der Waals surface area contributed by atoms with Gasteiger partial charge in [0.05, 0.1) is 12.7 Å². The van der Waals surface area contributed by atoms with E-state index in [2.05, 4.69) is 5.10 Å². The fraction of sp³-hybridized carbons (Fsp3) is 0.250. The summed E-state index contributed by atoms with van der Waals surface area (Å²) in [6, 6.07) is 5.74. The van der Waals surface area contributed by atoms with Crippen LogP contribution >= 0.6 is 11.6 Å². The van der Waals surface area contributed by atoms with Gasteiger partial charge in [0.1, 0.15) is 0 Å². The number of carbonyl (C=O) groups excluding carboxylic acids is 1. The van der Waals surface area contributed by atoms with Crippen LogP contribution in [0.2, 0.25) is 0 Å². The number of aromatic nitrogens is 2. The third-order valence-electron chi connectivity index (χ3n) is 3.19. The van der Waals surface area contributed by atoms with E-state index in [0.29, 0.717) is 18.0 Å². The maximum Gasteiger partial charge on any atom is 0.185 e. The van der Waals surface area contributed by atoms with E-state index in [0.717, 1.165) is 11.1 Å². The first-order valence-corrected chi connectivity index (χ1v) is 7.01. The highest BCUT2D eigenvalue weighted by Crippen LogP contribution is 2.11. The number of hydrogen-bond acceptors (Lipinski definition) is 2. The Labute approximate surface area is 123 Å². The van der Waals surface area contributed by atoms with Gasteiger partial charge in [-0.1, -0.05) is 12.1 Å². The fourth-order valence-corrected chi connectivity index (χ4v) is 2.01. The Hall–Kier alpha value is -1.87. The average molecular weight is 289 g/mol. The summed E-state index contributed by atoms with van der Waals surface area (Å²) in [6.45, 7) is 4.71. The van der Waals surface area contributed by atoms with E-state index in [1.165, 1.54) is 5.56 Å². The summed E-state index contributed by atoms with van der Waals surface area (Å²) in [5, 5.41) is 4.15. The largest absolute Gasteiger partial charge is 0.289 e. The summed E-state index contributed by atoms with van der Waals surface area (Å²) in [4.78, 5) is 12.1. The van der Waals surface area contributed by atoms with Crippen LogP contribution in [0.3, 0.4) is 0 Å². The number of rotatable bonds is 5. The highest BCUT2D eigenvalue weighted by atomic mass is 35.5. The molecule has 0 unspecified atom stereocenters. The van der Waals surface area contributed by atoms with Crippen molar-refractivity contribution in [1.29, 1.82) is 0 Å². The van der Waals surface area contributed by atoms with Crippen molar-refractivity contribution in [3.63, 3.8) is 0 Å². The van der Waals surface area contributed by atoms with Crippen LogP contribution in [0, 0.1) is 13.8 Å². The Morgan fingerprint density at radius 3 is 2.85 bits per heavy atom. The first-order valence-electron chi connectivity index (χ1n) is 6.48. The van der Waals surface area contributed by atoms with Crippen LogP contribution in [0.5, 0.6) is 0 Å². The minimum Gasteiger partial charge on any atom is -0.289 e. The molecule has 1 aromatic carbocycles. The molecule has 0 saturated heterocycles. The van der Waals surface area contributed by atoms with Gasteiger partial charge in [0.15, 0.2) is 5.78 Å². The maximum atomic E-state index is 12.1. The van der Waals surface area contributed by atoms with Crippen molar-refractivity contribution in [3.8, 4) is 0 Å². The zero-order valence-electron chi connectivity index (χ0n) is 11.6. The van der Waals surface area contributed by atoms with Crippen molar-refractivity contribution in [2.45, 2.75) is 20.4 Å². The second kappa shape index (κ2) is 6.53. The SMILES string of the molecule is Cc1ccc(C(=O)/C=C/c2cnn(CCCl)c2)cc1C. The molecular formula is C16H17ClN2O. The molecule has 0 aliphatic carbocycles. The number of hydrogen-bond donors (Lipinski definition) is 0. The van der Waals surface area contributed by atoms with Crippen molar-refractivity contribution >= 4 is 23.5 Å². The third-order valence-corrected chi connectivity index (χ3v) is 3.35. The van der Waals surface area contributed by atoms with Gasteiger partial charge in [-0.3, -0.25) is 9.48 Å². The van der Waals surface area contributed by atoms with Crippen LogP contribution in [-0.2, 0) is 6.54 Å². The second-order valence-corrected chi connectivity index (χ2v) is 5.10. The summed E-state index contributed by atoms with van der Waals surface area (Å²) in [5.74, 6) is 0.519. The molecule has 4 heteroatoms. The maximum absolute atomic E-state index is 12.1. The molecule has 2 rings (SSSR count). The first kappa shape index (κ1) is 14.5. The number of ketones is 1. The third kappa shape index (κ3) is 3.58. The van der Waals surface area contributed by atoms with Gasteiger partial charge in [-0.05, 0) is 43.2 Å². The number of benzene rings is 1. The normalized spacial score (nSPS) is 11.2. The summed E-state index contributed by atoms with van der Waals surface area (Å²) >= 11 is 5.65. The molecule has 0 aliphatic rings. The fourth-order valence-electron chi connectivity index (χ4n) is 1.84. The van der Waals surface area contributed by atoms with Crippen molar-refractivity contribution in [3.05, 3.63) is 58.9 Å². The Balaban J connectivity index is 2.09. The predicted molar refractivity (Wildman–Crippen MR) is 82.2 cm³/mol. The summed E-state index contributed by atoms with van der Waals surface area (Å²) in [6.07, 6.45) is 6.94. The van der Waals surface area contributed by atoms with E-state index in [-0.39, 0.29) is 5.78 Å². The van der Waals surface area contributed by atoms with Gasteiger partial charge in [0.25, 0.3) is 0 Å². The van der Waals surface area contributed by atoms with Crippen LogP contribution in [0.4, 0.5) is 0 Å². The van der Waals surface area contributed by atoms with E-state index in [1.54, 1.807) is 23.0 Å². The van der Waals surface area contributed by atoms with Gasteiger partial charge >= 0.3 is 0 Å². The number of aryl methyl sites for hydroxylation is 3. The molecule has 0 radical (unpaired) electrons. The van der Waals surface area contributed by atoms with Crippen LogP contribution in [0.25, 0.3) is 6.08 Å². The molecule has 104 valence electrons. The smallest absolute Gasteiger partial charge is 0.185 e. The van der Waals surface area contributed by atoms with Gasteiger partial charge in [-0.2, -0.15) is 5.10 Å². The molecule has 1 aromatic heterocycles. The van der Waals surface area contributed by atoms with Gasteiger partial charge < -0.3 is 0 Å². The standard InChI is InChI=1S/C16H17ClN2O/c1-12-3-5-15(9-13(12)2)16(20)6-4-14-10-18-19(11-14)8-7-17/h3-6,9-11H,7-8H2,1-2H3/b6-4+. The molecule has 3 nitrogen and oxygen atoms in total. The van der Waals surface area contributed by atoms with Crippen LogP contribution in [0.15, 0.2) is 36.7 Å². The monoisotopic (exact) mass is 288 g/mol. The number of nitrogens with zero attached hydrogens (tertiary/aromatic N) is 2. The lowest BCUT2D eigenvalue weighted by Gasteiger charge is -2.01. The average Bonchev–Trinajstić information content (AvgIpc) is 2.87. The summed E-state index contributed by atoms with van der Waals surface area (Å²) in [7, 11) is 0. The number of halogens is 1. The summed E-state index contributed by atoms with van der Waals surface area (Å²) < 4.78 is 1.76. The molecule has 0 atom stereocenters. The molecule has 0 aliphatic heterocycles. The van der Waals surface area contributed by atoms with Gasteiger partial charge in [0.2, 0.25) is 0 Å². The molecule has 1 heterocycles. The molecule has 0 N–H and O–H groups in total. The molecule has 0 spiro atoms. The van der Waals surface area contributed by atoms with Crippen molar-refractivity contribution < 1.29 is 4.79 Å². The van der Waals surface area contributed by atoms with Crippen LogP contribution in [-0.4, -0.2) is 21.4 Å². The molecule has 0 fully saturated rings. The highest BCUT2D eigenvalue weighted by molar-refractivity contribution is 6.17. The lowest BCUT2D eigenvalue weighted by molar-refractivity contribution is 0.104. The van der Waals surface area contributed by atoms with Crippen molar-refractivity contribution in [2.75, 3.05) is 5.88 Å². The molecule has 2 aromatic rings. The van der Waals surface area contributed by atoms with E-state index in [4.69, 9.17) is 11.6 Å². The lowest BCUT2D eigenvalue weighted by atomic mass is 10.0. The molecule has 0 amide bonds. The molecule has 0 saturated carbocycles. The Bertz CT molecular complexity index is 644. The zero-order valence-corrected chi connectivity index (χ0v) is 12.4. The Morgan fingerprint density at radius 1 is 1.35 bits per heavy atom. The lowest BCUT2D eigenvalue weighted by Crippen LogP contribution is -1.98. The van der Waals surface area contributed by atoms with Gasteiger partial charge in [-0.25, -0.2) is 0 Å². The van der Waals surface area contributed by atoms with E-state index < -0.39 is 0 Å². The quantitative estimate of drug-likeness (QED) is 0.478. The number of carbonyl (C=O) groups is 1. The van der Waals surface area contributed by atoms with Crippen molar-refractivity contribution in [2.24, 2.45) is 0 Å². The van der Waals surface area contributed by atoms with E-state index >= 15 is 0 Å². The van der Waals surface area contributed by atoms with E-state index in [9.17, 15) is 4.79 Å². The van der Waals surface area contributed by atoms with Crippen LogP contribution < -0.4 is 0 Å². The summed E-state index contributed by atoms with van der Waals surface area (Å²) in [5.41, 5.74) is 3.91. The molecule has 20 heavy (non-hydrogen) atoms. The molecule has 0 bridgehead atoms. The first-order chi connectivity index (χ1) is 9.60. The highest BCUT2D eigenvalue weighted by Gasteiger charge is 2.03. The van der Waals surface area contributed by atoms with E-state index in [1.807, 2.05) is 38.2 Å². The van der Waals surface area contributed by atoms with Gasteiger partial charge in [0, 0.05) is 23.2 Å². The van der Waals surface area contributed by atoms with Gasteiger partial charge in [-0.15, -0.1) is 11.6 Å². The predicted octanol–water partition coefficient (Wildman–Crippen LogP) is 3.63.